The van der Waals surface area contributed by atoms with Gasteiger partial charge >= 0.3 is 0 Å². The molecule has 0 spiro atoms. The van der Waals surface area contributed by atoms with Crippen LogP contribution in [0.4, 0.5) is 0 Å². The van der Waals surface area contributed by atoms with Crippen molar-refractivity contribution in [3.8, 4) is 0 Å². The zero-order valence-electron chi connectivity index (χ0n) is 5.83. The monoisotopic (exact) mass is 87.1 g/mol. The van der Waals surface area contributed by atoms with Crippen LogP contribution in [0.1, 0.15) is 41.0 Å². The molecule has 0 aromatic carbocycles. The predicted molar refractivity (Wildman–Crippen MR) is 30.9 cm³/mol. The van der Waals surface area contributed by atoms with Gasteiger partial charge in [0, 0.05) is 1.43 Å². The Labute approximate surface area is 42.0 Å². The molecule has 0 bridgehead atoms. The van der Waals surface area contributed by atoms with Crippen LogP contribution < -0.4 is 0 Å². The van der Waals surface area contributed by atoms with Crippen molar-refractivity contribution in [2.45, 2.75) is 39.5 Å². The molecule has 0 nitrogen and oxygen atoms in total. The van der Waals surface area contributed by atoms with Crippen molar-refractivity contribution < 1.29 is 1.43 Å². The highest BCUT2D eigenvalue weighted by molar-refractivity contribution is 4.31. The van der Waals surface area contributed by atoms with Crippen molar-refractivity contribution in [3.63, 3.8) is 0 Å². The second-order valence-electron chi connectivity index (χ2n) is 1.71. The number of unbranched alkanes of at least 4 members (excludes halogenated alkanes) is 3. The van der Waals surface area contributed by atoms with Gasteiger partial charge in [-0.2, -0.15) is 0 Å². The average Bonchev–Trinajstić information content (AvgIpc) is 1.61. The molecular weight excluding hydrogens is 72.1 g/mol. The van der Waals surface area contributed by atoms with E-state index in [1.165, 1.54) is 25.7 Å². The summed E-state index contributed by atoms with van der Waals surface area (Å²) in [6.45, 7) is 4.46. The lowest BCUT2D eigenvalue weighted by atomic mass is 10.2. The minimum Gasteiger partial charge on any atom is -0.0654 e. The third-order valence-electron chi connectivity index (χ3n) is 0.957. The second-order valence-corrected chi connectivity index (χ2v) is 1.71. The van der Waals surface area contributed by atoms with Crippen molar-refractivity contribution in [3.05, 3.63) is 0 Å². The average molecular weight is 87.2 g/mol. The zero-order chi connectivity index (χ0) is 4.83. The molecule has 0 aromatic heterocycles. The van der Waals surface area contributed by atoms with Gasteiger partial charge in [-0.25, -0.2) is 0 Å². The van der Waals surface area contributed by atoms with Gasteiger partial charge in [-0.05, 0) is 0 Å². The lowest BCUT2D eigenvalue weighted by molar-refractivity contribution is 0.702. The third-order valence-corrected chi connectivity index (χ3v) is 0.957. The van der Waals surface area contributed by atoms with Crippen LogP contribution in [0.3, 0.4) is 0 Å². The van der Waals surface area contributed by atoms with Crippen LogP contribution in [-0.2, 0) is 0 Å². The smallest absolute Gasteiger partial charge is 0 e. The summed E-state index contributed by atoms with van der Waals surface area (Å²) in [5.41, 5.74) is 0. The molecule has 0 aliphatic rings. The Morgan fingerprint density at radius 2 is 1.33 bits per heavy atom. The lowest BCUT2D eigenvalue weighted by Gasteiger charge is -1.86. The molecule has 0 saturated heterocycles. The lowest BCUT2D eigenvalue weighted by Crippen LogP contribution is -1.66. The van der Waals surface area contributed by atoms with Crippen LogP contribution in [0.25, 0.3) is 0 Å². The van der Waals surface area contributed by atoms with Gasteiger partial charge in [0.25, 0.3) is 0 Å². The first kappa shape index (κ1) is 6.00. The summed E-state index contributed by atoms with van der Waals surface area (Å²) < 4.78 is 0. The molecule has 1 radical (unpaired) electrons. The molecule has 0 unspecified atom stereocenters. The van der Waals surface area contributed by atoms with Crippen molar-refractivity contribution in [2.24, 2.45) is 0 Å². The second kappa shape index (κ2) is 5.00. The van der Waals surface area contributed by atoms with E-state index in [9.17, 15) is 0 Å². The molecule has 6 heavy (non-hydrogen) atoms. The van der Waals surface area contributed by atoms with Crippen molar-refractivity contribution in [1.82, 2.24) is 0 Å². The summed E-state index contributed by atoms with van der Waals surface area (Å²) in [7, 11) is 0. The Morgan fingerprint density at radius 1 is 1.00 bits per heavy atom. The highest BCUT2D eigenvalue weighted by atomic mass is 13.8. The molecule has 0 heterocycles. The Hall–Kier alpha value is 0. The first-order valence-electron chi connectivity index (χ1n) is 2.91. The van der Waals surface area contributed by atoms with Gasteiger partial charge in [0.1, 0.15) is 0 Å². The highest BCUT2D eigenvalue weighted by Crippen LogP contribution is 1.95. The van der Waals surface area contributed by atoms with E-state index in [4.69, 9.17) is 0 Å². The summed E-state index contributed by atoms with van der Waals surface area (Å²) in [6.07, 6.45) is 5.54. The number of hydrogen-bond donors (Lipinski definition) is 0. The maximum atomic E-state index is 2.23. The van der Waals surface area contributed by atoms with E-state index in [1.54, 1.807) is 0 Å². The number of rotatable bonds is 3. The molecule has 0 aliphatic carbocycles. The summed E-state index contributed by atoms with van der Waals surface area (Å²) in [4.78, 5) is 0. The SMILES string of the molecule is CCCCCC.[H]. The maximum absolute atomic E-state index is 2.23. The van der Waals surface area contributed by atoms with E-state index >= 15 is 0 Å². The number of hydrogen-bond acceptors (Lipinski definition) is 0. The molecule has 0 atom stereocenters. The fourth-order valence-electron chi connectivity index (χ4n) is 0.500. The highest BCUT2D eigenvalue weighted by Gasteiger charge is 1.75. The molecule has 39 valence electrons. The van der Waals surface area contributed by atoms with Gasteiger partial charge in [-0.3, -0.25) is 0 Å². The fraction of sp³-hybridized carbons (Fsp3) is 1.00. The van der Waals surface area contributed by atoms with Crippen molar-refractivity contribution >= 4 is 0 Å². The Balaban J connectivity index is 0. The fourth-order valence-corrected chi connectivity index (χ4v) is 0.500. The standard InChI is InChI=1S/C6H14.H/c1-3-5-6-4-2;/h3-6H2,1-2H3;. The molecule has 0 heteroatoms. The van der Waals surface area contributed by atoms with E-state index < -0.39 is 0 Å². The predicted octanol–water partition coefficient (Wildman–Crippen LogP) is 2.70. The van der Waals surface area contributed by atoms with E-state index in [0.717, 1.165) is 0 Å². The Bertz CT molecular complexity index is 16.1. The normalized spacial score (nSPS) is 9.00. The largest absolute Gasteiger partial charge is 0.0654 e. The van der Waals surface area contributed by atoms with Crippen LogP contribution in [0.15, 0.2) is 0 Å². The van der Waals surface area contributed by atoms with Gasteiger partial charge in [0.2, 0.25) is 0 Å². The van der Waals surface area contributed by atoms with E-state index in [1.807, 2.05) is 0 Å². The summed E-state index contributed by atoms with van der Waals surface area (Å²) >= 11 is 0. The van der Waals surface area contributed by atoms with Crippen LogP contribution in [0.2, 0.25) is 0 Å². The molecule has 0 saturated carbocycles. The first-order chi connectivity index (χ1) is 2.91. The third kappa shape index (κ3) is 4.00. The molecule has 0 rings (SSSR count). The van der Waals surface area contributed by atoms with Crippen LogP contribution in [-0.4, -0.2) is 0 Å². The minimum atomic E-state index is 0. The molecule has 0 fully saturated rings. The van der Waals surface area contributed by atoms with E-state index in [2.05, 4.69) is 13.8 Å². The Morgan fingerprint density at radius 3 is 1.50 bits per heavy atom. The van der Waals surface area contributed by atoms with Crippen molar-refractivity contribution in [2.75, 3.05) is 0 Å². The van der Waals surface area contributed by atoms with Crippen LogP contribution in [0.5, 0.6) is 0 Å². The van der Waals surface area contributed by atoms with E-state index in [0.29, 0.717) is 0 Å². The summed E-state index contributed by atoms with van der Waals surface area (Å²) in [6, 6.07) is 0. The summed E-state index contributed by atoms with van der Waals surface area (Å²) in [5.74, 6) is 0. The van der Waals surface area contributed by atoms with Crippen LogP contribution in [0, 0.1) is 0 Å². The van der Waals surface area contributed by atoms with Gasteiger partial charge in [0.05, 0.1) is 0 Å². The quantitative estimate of drug-likeness (QED) is 0.464. The van der Waals surface area contributed by atoms with Gasteiger partial charge in [0.15, 0.2) is 0 Å². The van der Waals surface area contributed by atoms with Gasteiger partial charge in [-0.15, -0.1) is 0 Å². The molecule has 0 amide bonds. The molecule has 0 aromatic rings. The van der Waals surface area contributed by atoms with Crippen molar-refractivity contribution in [1.29, 1.82) is 0 Å². The van der Waals surface area contributed by atoms with Crippen LogP contribution >= 0.6 is 0 Å². The molecular formula is C6H15. The maximum Gasteiger partial charge on any atom is 0 e. The summed E-state index contributed by atoms with van der Waals surface area (Å²) in [5, 5.41) is 0. The minimum absolute atomic E-state index is 0. The first-order valence-corrected chi connectivity index (χ1v) is 2.91. The van der Waals surface area contributed by atoms with Gasteiger partial charge < -0.3 is 0 Å². The molecule has 0 aliphatic heterocycles. The Kier molecular flexibility index (Phi) is 5.00. The topological polar surface area (TPSA) is 0 Å². The van der Waals surface area contributed by atoms with Gasteiger partial charge in [-0.1, -0.05) is 39.5 Å². The molecule has 0 N–H and O–H groups in total. The zero-order valence-corrected chi connectivity index (χ0v) is 4.83. The van der Waals surface area contributed by atoms with E-state index in [-0.39, 0.29) is 1.43 Å².